The molecule has 0 aromatic rings. The predicted octanol–water partition coefficient (Wildman–Crippen LogP) is 2.38. The summed E-state index contributed by atoms with van der Waals surface area (Å²) in [7, 11) is 0. The van der Waals surface area contributed by atoms with E-state index in [9.17, 15) is 5.11 Å². The lowest BCUT2D eigenvalue weighted by Crippen LogP contribution is -2.17. The molecule has 2 atom stereocenters. The molecule has 0 saturated heterocycles. The molecule has 0 amide bonds. The minimum atomic E-state index is -0.880. The zero-order valence-corrected chi connectivity index (χ0v) is 14.1. The van der Waals surface area contributed by atoms with E-state index in [1.807, 2.05) is 0 Å². The Morgan fingerprint density at radius 3 is 2.39 bits per heavy atom. The molecule has 0 fully saturated rings. The molecule has 23 heavy (non-hydrogen) atoms. The molecule has 0 spiro atoms. The molecule has 130 valence electrons. The van der Waals surface area contributed by atoms with Crippen LogP contribution in [0.2, 0.25) is 0 Å². The predicted molar refractivity (Wildman–Crippen MR) is 92.4 cm³/mol. The molecular weight excluding hydrogens is 292 g/mol. The molecule has 0 aromatic carbocycles. The molecule has 0 aromatic heterocycles. The summed E-state index contributed by atoms with van der Waals surface area (Å²) in [5.41, 5.74) is 0. The number of allylic oxidation sites excluding steroid dienone is 1. The van der Waals surface area contributed by atoms with E-state index in [1.165, 1.54) is 44.4 Å². The van der Waals surface area contributed by atoms with Crippen molar-refractivity contribution in [3.05, 3.63) is 12.3 Å². The highest BCUT2D eigenvalue weighted by Gasteiger charge is 1.99. The van der Waals surface area contributed by atoms with E-state index in [-0.39, 0.29) is 13.2 Å². The Morgan fingerprint density at radius 1 is 1.00 bits per heavy atom. The lowest BCUT2D eigenvalue weighted by atomic mass is 10.1. The van der Waals surface area contributed by atoms with Crippen molar-refractivity contribution in [2.75, 3.05) is 13.2 Å². The molecule has 3 N–H and O–H groups in total. The standard InChI is InChI=1S/C19H30O4/c1-2-3-4-5-6-7-10-13-18(21)14-11-8-9-12-15-23-17-19(22)16-20/h12,15,18-22H,2-7,10,13,16-17H2,1H3/b15-12+/t18-,19+/m0/s1. The van der Waals surface area contributed by atoms with Gasteiger partial charge in [-0.25, -0.2) is 0 Å². The fourth-order valence-electron chi connectivity index (χ4n) is 1.87. The van der Waals surface area contributed by atoms with Crippen molar-refractivity contribution in [1.29, 1.82) is 0 Å². The third-order valence-electron chi connectivity index (χ3n) is 3.20. The Morgan fingerprint density at radius 2 is 1.70 bits per heavy atom. The van der Waals surface area contributed by atoms with Crippen molar-refractivity contribution in [2.24, 2.45) is 0 Å². The molecule has 0 bridgehead atoms. The fraction of sp³-hybridized carbons (Fsp3) is 0.684. The first-order valence-electron chi connectivity index (χ1n) is 8.45. The van der Waals surface area contributed by atoms with Crippen LogP contribution < -0.4 is 0 Å². The smallest absolute Gasteiger partial charge is 0.115 e. The second-order valence-corrected chi connectivity index (χ2v) is 5.44. The van der Waals surface area contributed by atoms with Crippen molar-refractivity contribution < 1.29 is 20.1 Å². The van der Waals surface area contributed by atoms with Crippen LogP contribution in [-0.2, 0) is 4.74 Å². The minimum absolute atomic E-state index is 0.0253. The van der Waals surface area contributed by atoms with Gasteiger partial charge in [-0.05, 0) is 24.7 Å². The summed E-state index contributed by atoms with van der Waals surface area (Å²) in [4.78, 5) is 0. The summed E-state index contributed by atoms with van der Waals surface area (Å²) < 4.78 is 4.92. The quantitative estimate of drug-likeness (QED) is 0.293. The topological polar surface area (TPSA) is 69.9 Å². The third-order valence-corrected chi connectivity index (χ3v) is 3.20. The Kier molecular flexibility index (Phi) is 15.8. The number of aliphatic hydroxyl groups is 3. The average Bonchev–Trinajstić information content (AvgIpc) is 2.56. The molecule has 4 heteroatoms. The fourth-order valence-corrected chi connectivity index (χ4v) is 1.87. The van der Waals surface area contributed by atoms with Crippen LogP contribution in [0, 0.1) is 23.7 Å². The number of unbranched alkanes of at least 4 members (excludes halogenated alkanes) is 6. The van der Waals surface area contributed by atoms with Gasteiger partial charge in [-0.1, -0.05) is 57.3 Å². The largest absolute Gasteiger partial charge is 0.498 e. The van der Waals surface area contributed by atoms with Gasteiger partial charge in [0.05, 0.1) is 12.9 Å². The lowest BCUT2D eigenvalue weighted by molar-refractivity contribution is 0.0385. The normalized spacial score (nSPS) is 12.9. The van der Waals surface area contributed by atoms with E-state index in [4.69, 9.17) is 14.9 Å². The number of hydrogen-bond donors (Lipinski definition) is 3. The van der Waals surface area contributed by atoms with Crippen LogP contribution in [0.25, 0.3) is 0 Å². The first-order valence-corrected chi connectivity index (χ1v) is 8.45. The van der Waals surface area contributed by atoms with Gasteiger partial charge < -0.3 is 20.1 Å². The molecule has 0 radical (unpaired) electrons. The summed E-state index contributed by atoms with van der Waals surface area (Å²) in [6, 6.07) is 0. The van der Waals surface area contributed by atoms with Gasteiger partial charge in [0.15, 0.2) is 0 Å². The molecule has 0 heterocycles. The van der Waals surface area contributed by atoms with E-state index >= 15 is 0 Å². The van der Waals surface area contributed by atoms with Crippen LogP contribution in [0.3, 0.4) is 0 Å². The van der Waals surface area contributed by atoms with Crippen LogP contribution in [-0.4, -0.2) is 40.7 Å². The van der Waals surface area contributed by atoms with Gasteiger partial charge in [0.25, 0.3) is 0 Å². The average molecular weight is 322 g/mol. The van der Waals surface area contributed by atoms with Gasteiger partial charge in [-0.15, -0.1) is 0 Å². The Hall–Kier alpha value is -1.46. The van der Waals surface area contributed by atoms with E-state index in [0.717, 1.165) is 12.8 Å². The summed E-state index contributed by atoms with van der Waals surface area (Å²) >= 11 is 0. The highest BCUT2D eigenvalue weighted by molar-refractivity contribution is 5.31. The molecule has 0 rings (SSSR count). The van der Waals surface area contributed by atoms with Crippen LogP contribution in [0.1, 0.15) is 58.3 Å². The highest BCUT2D eigenvalue weighted by atomic mass is 16.5. The zero-order valence-electron chi connectivity index (χ0n) is 14.1. The first-order chi connectivity index (χ1) is 11.2. The summed E-state index contributed by atoms with van der Waals surface area (Å²) in [6.07, 6.45) is 10.5. The van der Waals surface area contributed by atoms with Crippen LogP contribution in [0.4, 0.5) is 0 Å². The maximum atomic E-state index is 9.68. The van der Waals surface area contributed by atoms with E-state index in [0.29, 0.717) is 6.42 Å². The zero-order chi connectivity index (χ0) is 17.2. The minimum Gasteiger partial charge on any atom is -0.498 e. The Balaban J connectivity index is 3.64. The second kappa shape index (κ2) is 16.9. The van der Waals surface area contributed by atoms with Gasteiger partial charge in [0.2, 0.25) is 0 Å². The maximum Gasteiger partial charge on any atom is 0.115 e. The summed E-state index contributed by atoms with van der Waals surface area (Å²) in [6.45, 7) is 1.90. The molecular formula is C19H30O4. The first kappa shape index (κ1) is 21.5. The van der Waals surface area contributed by atoms with Crippen molar-refractivity contribution in [3.63, 3.8) is 0 Å². The number of ether oxygens (including phenoxy) is 1. The van der Waals surface area contributed by atoms with Crippen LogP contribution in [0.5, 0.6) is 0 Å². The molecule has 0 aliphatic heterocycles. The molecule has 0 saturated carbocycles. The van der Waals surface area contributed by atoms with E-state index < -0.39 is 12.2 Å². The van der Waals surface area contributed by atoms with E-state index in [1.54, 1.807) is 0 Å². The van der Waals surface area contributed by atoms with Crippen molar-refractivity contribution in [1.82, 2.24) is 0 Å². The third kappa shape index (κ3) is 16.7. The van der Waals surface area contributed by atoms with Crippen LogP contribution >= 0.6 is 0 Å². The lowest BCUT2D eigenvalue weighted by Gasteiger charge is -2.04. The summed E-state index contributed by atoms with van der Waals surface area (Å²) in [5.74, 6) is 10.5. The Labute approximate surface area is 140 Å². The monoisotopic (exact) mass is 322 g/mol. The number of hydrogen-bond acceptors (Lipinski definition) is 4. The molecule has 0 aliphatic carbocycles. The van der Waals surface area contributed by atoms with Crippen molar-refractivity contribution in [3.8, 4) is 23.7 Å². The van der Waals surface area contributed by atoms with E-state index in [2.05, 4.69) is 30.6 Å². The van der Waals surface area contributed by atoms with Gasteiger partial charge in [-0.3, -0.25) is 0 Å². The highest BCUT2D eigenvalue weighted by Crippen LogP contribution is 2.09. The van der Waals surface area contributed by atoms with Crippen LogP contribution in [0.15, 0.2) is 12.3 Å². The summed E-state index contributed by atoms with van der Waals surface area (Å²) in [5, 5.41) is 27.3. The maximum absolute atomic E-state index is 9.68. The van der Waals surface area contributed by atoms with Gasteiger partial charge in [0, 0.05) is 6.08 Å². The number of aliphatic hydroxyl groups excluding tert-OH is 3. The molecule has 4 nitrogen and oxygen atoms in total. The second-order valence-electron chi connectivity index (χ2n) is 5.44. The van der Waals surface area contributed by atoms with Gasteiger partial charge in [-0.2, -0.15) is 0 Å². The Bertz CT molecular complexity index is 409. The van der Waals surface area contributed by atoms with Crippen molar-refractivity contribution in [2.45, 2.75) is 70.5 Å². The number of rotatable bonds is 12. The van der Waals surface area contributed by atoms with Gasteiger partial charge in [0.1, 0.15) is 18.8 Å². The molecule has 0 aliphatic rings. The van der Waals surface area contributed by atoms with Crippen molar-refractivity contribution >= 4 is 0 Å². The van der Waals surface area contributed by atoms with Gasteiger partial charge >= 0.3 is 0 Å². The molecule has 0 unspecified atom stereocenters. The SMILES string of the molecule is CCCCCCCCC[C@H](O)C#CC#C/C=C/OC[C@H](O)CO.